The fourth-order valence-corrected chi connectivity index (χ4v) is 3.59. The number of esters is 1. The fraction of sp³-hybridized carbons (Fsp3) is 0.562. The van der Waals surface area contributed by atoms with Gasteiger partial charge >= 0.3 is 5.97 Å². The van der Waals surface area contributed by atoms with Crippen molar-refractivity contribution in [2.24, 2.45) is 0 Å². The van der Waals surface area contributed by atoms with Crippen molar-refractivity contribution in [2.75, 3.05) is 13.2 Å². The van der Waals surface area contributed by atoms with E-state index in [1.807, 2.05) is 19.2 Å². The van der Waals surface area contributed by atoms with Gasteiger partial charge in [-0.3, -0.25) is 9.59 Å². The summed E-state index contributed by atoms with van der Waals surface area (Å²) in [6, 6.07) is 0.0157. The monoisotopic (exact) mass is 338 g/mol. The van der Waals surface area contributed by atoms with Crippen molar-refractivity contribution < 1.29 is 19.1 Å². The molecule has 1 aromatic heterocycles. The number of hydrogen-bond donors (Lipinski definition) is 2. The SMILES string of the molecule is CC(C)NC(=O)CNC(=O)COC(=O)c1csc2c1CCCC2. The number of ether oxygens (including phenoxy) is 1. The number of hydrogen-bond acceptors (Lipinski definition) is 5. The first-order valence-electron chi connectivity index (χ1n) is 7.79. The van der Waals surface area contributed by atoms with E-state index in [1.54, 1.807) is 11.3 Å². The van der Waals surface area contributed by atoms with Crippen LogP contribution in [0.3, 0.4) is 0 Å². The number of thiophene rings is 1. The van der Waals surface area contributed by atoms with Crippen molar-refractivity contribution in [3.8, 4) is 0 Å². The third-order valence-electron chi connectivity index (χ3n) is 3.51. The van der Waals surface area contributed by atoms with E-state index in [2.05, 4.69) is 10.6 Å². The van der Waals surface area contributed by atoms with Gasteiger partial charge in [-0.15, -0.1) is 11.3 Å². The average molecular weight is 338 g/mol. The Labute approximate surface area is 139 Å². The number of rotatable bonds is 6. The van der Waals surface area contributed by atoms with Crippen molar-refractivity contribution in [1.29, 1.82) is 0 Å². The zero-order valence-corrected chi connectivity index (χ0v) is 14.3. The Morgan fingerprint density at radius 2 is 1.96 bits per heavy atom. The lowest BCUT2D eigenvalue weighted by atomic mass is 9.96. The largest absolute Gasteiger partial charge is 0.452 e. The standard InChI is InChI=1S/C16H22N2O4S/c1-10(2)18-14(19)7-17-15(20)8-22-16(21)12-9-23-13-6-4-3-5-11(12)13/h9-10H,3-8H2,1-2H3,(H,17,20)(H,18,19). The van der Waals surface area contributed by atoms with Crippen LogP contribution in [0.25, 0.3) is 0 Å². The lowest BCUT2D eigenvalue weighted by Crippen LogP contribution is -2.41. The van der Waals surface area contributed by atoms with Gasteiger partial charge < -0.3 is 15.4 Å². The molecule has 0 unspecified atom stereocenters. The minimum absolute atomic E-state index is 0.0157. The Morgan fingerprint density at radius 3 is 2.70 bits per heavy atom. The first-order chi connectivity index (χ1) is 11.0. The predicted octanol–water partition coefficient (Wildman–Crippen LogP) is 1.42. The number of carbonyl (C=O) groups excluding carboxylic acids is 3. The molecule has 0 aromatic carbocycles. The van der Waals surface area contributed by atoms with E-state index in [4.69, 9.17) is 4.74 Å². The van der Waals surface area contributed by atoms with Gasteiger partial charge in [0.1, 0.15) is 0 Å². The second-order valence-electron chi connectivity index (χ2n) is 5.83. The number of nitrogens with one attached hydrogen (secondary N) is 2. The third-order valence-corrected chi connectivity index (χ3v) is 4.60. The molecule has 0 bridgehead atoms. The Kier molecular flexibility index (Phi) is 6.15. The quantitative estimate of drug-likeness (QED) is 0.769. The molecule has 2 N–H and O–H groups in total. The highest BCUT2D eigenvalue weighted by Crippen LogP contribution is 2.30. The van der Waals surface area contributed by atoms with Crippen LogP contribution in [0.15, 0.2) is 5.38 Å². The lowest BCUT2D eigenvalue weighted by Gasteiger charge is -2.12. The second kappa shape index (κ2) is 8.10. The maximum atomic E-state index is 12.1. The summed E-state index contributed by atoms with van der Waals surface area (Å²) in [6.07, 6.45) is 4.14. The van der Waals surface area contributed by atoms with Gasteiger partial charge in [0.05, 0.1) is 12.1 Å². The Hall–Kier alpha value is -1.89. The van der Waals surface area contributed by atoms with Crippen molar-refractivity contribution in [3.63, 3.8) is 0 Å². The number of fused-ring (bicyclic) bond motifs is 1. The molecule has 0 saturated heterocycles. The summed E-state index contributed by atoms with van der Waals surface area (Å²) in [5, 5.41) is 6.90. The highest BCUT2D eigenvalue weighted by atomic mass is 32.1. The maximum Gasteiger partial charge on any atom is 0.339 e. The van der Waals surface area contributed by atoms with Crippen LogP contribution in [0.1, 0.15) is 47.5 Å². The normalized spacial score (nSPS) is 13.3. The average Bonchev–Trinajstić information content (AvgIpc) is 2.94. The number of amides is 2. The van der Waals surface area contributed by atoms with Crippen LogP contribution in [-0.4, -0.2) is 37.0 Å². The molecule has 0 atom stereocenters. The topological polar surface area (TPSA) is 84.5 Å². The van der Waals surface area contributed by atoms with E-state index in [0.717, 1.165) is 31.2 Å². The van der Waals surface area contributed by atoms with Gasteiger partial charge in [0.25, 0.3) is 5.91 Å². The molecule has 23 heavy (non-hydrogen) atoms. The van der Waals surface area contributed by atoms with E-state index in [0.29, 0.717) is 5.56 Å². The third kappa shape index (κ3) is 5.06. The van der Waals surface area contributed by atoms with Gasteiger partial charge in [-0.2, -0.15) is 0 Å². The second-order valence-corrected chi connectivity index (χ2v) is 6.80. The summed E-state index contributed by atoms with van der Waals surface area (Å²) in [5.74, 6) is -1.22. The molecular weight excluding hydrogens is 316 g/mol. The summed E-state index contributed by atoms with van der Waals surface area (Å²) < 4.78 is 5.05. The molecule has 126 valence electrons. The zero-order chi connectivity index (χ0) is 16.8. The lowest BCUT2D eigenvalue weighted by molar-refractivity contribution is -0.128. The fourth-order valence-electron chi connectivity index (χ4n) is 2.48. The van der Waals surface area contributed by atoms with Crippen LogP contribution < -0.4 is 10.6 Å². The van der Waals surface area contributed by atoms with Gasteiger partial charge in [0.15, 0.2) is 6.61 Å². The van der Waals surface area contributed by atoms with E-state index >= 15 is 0 Å². The van der Waals surface area contributed by atoms with E-state index in [9.17, 15) is 14.4 Å². The van der Waals surface area contributed by atoms with Gasteiger partial charge in [-0.1, -0.05) is 0 Å². The molecule has 1 aliphatic rings. The van der Waals surface area contributed by atoms with Crippen LogP contribution in [0.4, 0.5) is 0 Å². The van der Waals surface area contributed by atoms with Gasteiger partial charge in [-0.05, 0) is 45.1 Å². The van der Waals surface area contributed by atoms with Gasteiger partial charge in [0.2, 0.25) is 5.91 Å². The van der Waals surface area contributed by atoms with Gasteiger partial charge in [-0.25, -0.2) is 4.79 Å². The van der Waals surface area contributed by atoms with Crippen molar-refractivity contribution in [3.05, 3.63) is 21.4 Å². The van der Waals surface area contributed by atoms with Crippen LogP contribution in [-0.2, 0) is 27.2 Å². The van der Waals surface area contributed by atoms with E-state index < -0.39 is 11.9 Å². The first kappa shape index (κ1) is 17.5. The van der Waals surface area contributed by atoms with Crippen LogP contribution in [0.5, 0.6) is 0 Å². The summed E-state index contributed by atoms with van der Waals surface area (Å²) in [4.78, 5) is 36.4. The van der Waals surface area contributed by atoms with Crippen LogP contribution in [0, 0.1) is 0 Å². The maximum absolute atomic E-state index is 12.1. The number of carbonyl (C=O) groups is 3. The molecule has 7 heteroatoms. The molecule has 0 radical (unpaired) electrons. The highest BCUT2D eigenvalue weighted by molar-refractivity contribution is 7.10. The Bertz CT molecular complexity index is 595. The van der Waals surface area contributed by atoms with Gasteiger partial charge in [0, 0.05) is 16.3 Å². The molecule has 0 saturated carbocycles. The molecule has 0 fully saturated rings. The highest BCUT2D eigenvalue weighted by Gasteiger charge is 2.21. The summed E-state index contributed by atoms with van der Waals surface area (Å²) in [7, 11) is 0. The van der Waals surface area contributed by atoms with Crippen molar-refractivity contribution >= 4 is 29.1 Å². The molecule has 0 aliphatic heterocycles. The van der Waals surface area contributed by atoms with E-state index in [-0.39, 0.29) is 25.1 Å². The minimum Gasteiger partial charge on any atom is -0.452 e. The van der Waals surface area contributed by atoms with Crippen LogP contribution in [0.2, 0.25) is 0 Å². The summed E-state index contributed by atoms with van der Waals surface area (Å²) in [6.45, 7) is 3.17. The number of aryl methyl sites for hydroxylation is 1. The molecule has 2 rings (SSSR count). The molecule has 2 amide bonds. The predicted molar refractivity (Wildman–Crippen MR) is 87.5 cm³/mol. The molecular formula is C16H22N2O4S. The molecule has 1 aromatic rings. The minimum atomic E-state index is -0.485. The molecule has 0 spiro atoms. The Morgan fingerprint density at radius 1 is 1.22 bits per heavy atom. The summed E-state index contributed by atoms with van der Waals surface area (Å²) in [5.41, 5.74) is 1.65. The van der Waals surface area contributed by atoms with Crippen molar-refractivity contribution in [1.82, 2.24) is 10.6 Å². The smallest absolute Gasteiger partial charge is 0.339 e. The van der Waals surface area contributed by atoms with E-state index in [1.165, 1.54) is 4.88 Å². The zero-order valence-electron chi connectivity index (χ0n) is 13.4. The molecule has 1 heterocycles. The molecule has 1 aliphatic carbocycles. The molecule has 6 nitrogen and oxygen atoms in total. The van der Waals surface area contributed by atoms with Crippen LogP contribution >= 0.6 is 11.3 Å². The van der Waals surface area contributed by atoms with Crippen molar-refractivity contribution in [2.45, 2.75) is 45.6 Å². The first-order valence-corrected chi connectivity index (χ1v) is 8.67. The Balaban J connectivity index is 1.77. The summed E-state index contributed by atoms with van der Waals surface area (Å²) >= 11 is 1.58.